The molecule has 2 heterocycles. The maximum atomic E-state index is 12.5. The lowest BCUT2D eigenvalue weighted by Crippen LogP contribution is -2.40. The van der Waals surface area contributed by atoms with Gasteiger partial charge in [-0.1, -0.05) is 13.8 Å². The second-order valence-corrected chi connectivity index (χ2v) is 8.03. The summed E-state index contributed by atoms with van der Waals surface area (Å²) in [5.41, 5.74) is 0.492. The number of ether oxygens (including phenoxy) is 2. The third kappa shape index (κ3) is 5.97. The first-order chi connectivity index (χ1) is 15.4. The molecule has 0 spiro atoms. The van der Waals surface area contributed by atoms with Gasteiger partial charge in [-0.25, -0.2) is 9.67 Å². The molecule has 0 fully saturated rings. The molecule has 1 atom stereocenters. The molecule has 0 saturated carbocycles. The van der Waals surface area contributed by atoms with Gasteiger partial charge in [-0.15, -0.1) is 0 Å². The fraction of sp³-hybridized carbons (Fsp3) is 0.545. The van der Waals surface area contributed by atoms with Gasteiger partial charge in [0.25, 0.3) is 5.91 Å². The van der Waals surface area contributed by atoms with Gasteiger partial charge in [-0.3, -0.25) is 9.59 Å². The topological polar surface area (TPSA) is 119 Å². The van der Waals surface area contributed by atoms with Crippen LogP contribution >= 0.6 is 0 Å². The van der Waals surface area contributed by atoms with Gasteiger partial charge in [-0.05, 0) is 44.0 Å². The number of carbonyl (C=O) groups is 2. The summed E-state index contributed by atoms with van der Waals surface area (Å²) >= 11 is 0. The molecule has 3 N–H and O–H groups in total. The predicted molar refractivity (Wildman–Crippen MR) is 119 cm³/mol. The van der Waals surface area contributed by atoms with E-state index in [2.05, 4.69) is 26.0 Å². The Balaban J connectivity index is 1.87. The van der Waals surface area contributed by atoms with Crippen LogP contribution in [0.2, 0.25) is 0 Å². The SMILES string of the molecule is COc1ccc2cc1OCCn1nc(C)nc1[C@H](C(C)C)NC(=O)CNCCCNC2=O. The number of amides is 2. The molecule has 0 unspecified atom stereocenters. The molecular formula is C22H32N6O4. The second-order valence-electron chi connectivity index (χ2n) is 8.03. The van der Waals surface area contributed by atoms with Crippen molar-refractivity contribution in [1.82, 2.24) is 30.7 Å². The van der Waals surface area contributed by atoms with Crippen molar-refractivity contribution in [3.63, 3.8) is 0 Å². The van der Waals surface area contributed by atoms with E-state index in [1.54, 1.807) is 30.0 Å². The number of hydrogen-bond donors (Lipinski definition) is 3. The number of methoxy groups -OCH3 is 1. The first kappa shape index (κ1) is 23.5. The zero-order chi connectivity index (χ0) is 23.1. The highest BCUT2D eigenvalue weighted by Gasteiger charge is 2.24. The van der Waals surface area contributed by atoms with Crippen LogP contribution < -0.4 is 25.4 Å². The van der Waals surface area contributed by atoms with E-state index in [1.807, 2.05) is 20.8 Å². The molecule has 1 aliphatic heterocycles. The van der Waals surface area contributed by atoms with Crippen LogP contribution in [-0.2, 0) is 11.3 Å². The van der Waals surface area contributed by atoms with Crippen LogP contribution in [0.25, 0.3) is 0 Å². The number of rotatable bonds is 2. The molecule has 1 aromatic carbocycles. The minimum atomic E-state index is -0.276. The fourth-order valence-corrected chi connectivity index (χ4v) is 3.51. The van der Waals surface area contributed by atoms with Crippen molar-refractivity contribution in [2.24, 2.45) is 5.92 Å². The minimum Gasteiger partial charge on any atom is -0.493 e. The highest BCUT2D eigenvalue weighted by molar-refractivity contribution is 5.94. The maximum absolute atomic E-state index is 12.5. The van der Waals surface area contributed by atoms with E-state index in [0.717, 1.165) is 0 Å². The summed E-state index contributed by atoms with van der Waals surface area (Å²) in [6.07, 6.45) is 0.694. The van der Waals surface area contributed by atoms with Crippen molar-refractivity contribution in [3.8, 4) is 11.5 Å². The summed E-state index contributed by atoms with van der Waals surface area (Å²) in [6.45, 7) is 7.89. The lowest BCUT2D eigenvalue weighted by molar-refractivity contribution is -0.121. The van der Waals surface area contributed by atoms with Gasteiger partial charge in [0.1, 0.15) is 18.3 Å². The highest BCUT2D eigenvalue weighted by Crippen LogP contribution is 2.28. The van der Waals surface area contributed by atoms with Gasteiger partial charge >= 0.3 is 0 Å². The molecule has 10 nitrogen and oxygen atoms in total. The molecule has 32 heavy (non-hydrogen) atoms. The molecule has 0 radical (unpaired) electrons. The van der Waals surface area contributed by atoms with E-state index >= 15 is 0 Å². The van der Waals surface area contributed by atoms with Crippen molar-refractivity contribution in [3.05, 3.63) is 35.4 Å². The van der Waals surface area contributed by atoms with Gasteiger partial charge in [0, 0.05) is 12.1 Å². The maximum Gasteiger partial charge on any atom is 0.251 e. The van der Waals surface area contributed by atoms with Crippen LogP contribution in [-0.4, -0.2) is 59.9 Å². The summed E-state index contributed by atoms with van der Waals surface area (Å²) in [7, 11) is 1.56. The second kappa shape index (κ2) is 10.9. The van der Waals surface area contributed by atoms with Gasteiger partial charge < -0.3 is 25.4 Å². The van der Waals surface area contributed by atoms with Crippen molar-refractivity contribution in [2.75, 3.05) is 33.4 Å². The van der Waals surface area contributed by atoms with Crippen molar-refractivity contribution in [1.29, 1.82) is 0 Å². The molecule has 3 rings (SSSR count). The molecule has 2 bridgehead atoms. The summed E-state index contributed by atoms with van der Waals surface area (Å²) in [4.78, 5) is 29.5. The number of nitrogens with one attached hydrogen (secondary N) is 3. The van der Waals surface area contributed by atoms with E-state index in [9.17, 15) is 9.59 Å². The van der Waals surface area contributed by atoms with Crippen LogP contribution in [0.1, 0.15) is 48.3 Å². The lowest BCUT2D eigenvalue weighted by atomic mass is 10.0. The largest absolute Gasteiger partial charge is 0.493 e. The Bertz CT molecular complexity index is 942. The fourth-order valence-electron chi connectivity index (χ4n) is 3.51. The van der Waals surface area contributed by atoms with Crippen molar-refractivity contribution >= 4 is 11.8 Å². The number of aromatic nitrogens is 3. The first-order valence-electron chi connectivity index (χ1n) is 10.9. The molecule has 0 aliphatic carbocycles. The number of hydrogen-bond acceptors (Lipinski definition) is 7. The van der Waals surface area contributed by atoms with E-state index in [-0.39, 0.29) is 36.9 Å². The Morgan fingerprint density at radius 3 is 2.81 bits per heavy atom. The molecule has 0 saturated heterocycles. The third-order valence-corrected chi connectivity index (χ3v) is 5.16. The number of carbonyl (C=O) groups excluding carboxylic acids is 2. The van der Waals surface area contributed by atoms with Gasteiger partial charge in [0.2, 0.25) is 5.91 Å². The average molecular weight is 445 g/mol. The molecule has 2 aromatic rings. The average Bonchev–Trinajstić information content (AvgIpc) is 3.13. The Labute approximate surface area is 188 Å². The molecule has 1 aromatic heterocycles. The Kier molecular flexibility index (Phi) is 8.04. The smallest absolute Gasteiger partial charge is 0.251 e. The summed E-state index contributed by atoms with van der Waals surface area (Å²) in [5.74, 6) is 2.16. The Morgan fingerprint density at radius 1 is 1.25 bits per heavy atom. The lowest BCUT2D eigenvalue weighted by Gasteiger charge is -2.22. The van der Waals surface area contributed by atoms with Crippen LogP contribution in [0.3, 0.4) is 0 Å². The standard InChI is InChI=1S/C22H32N6O4/c1-14(2)20-21-25-15(3)27-28(21)10-11-32-18-12-16(6-7-17(18)31-4)22(30)24-9-5-8-23-13-19(29)26-20/h6-7,12,14,20,23H,5,8-11,13H2,1-4H3,(H,24,30)(H,26,29)/t20-/m0/s1. The van der Waals surface area contributed by atoms with Crippen molar-refractivity contribution in [2.45, 2.75) is 39.8 Å². The van der Waals surface area contributed by atoms with E-state index in [0.29, 0.717) is 54.8 Å². The van der Waals surface area contributed by atoms with Gasteiger partial charge in [0.15, 0.2) is 11.5 Å². The monoisotopic (exact) mass is 444 g/mol. The number of aryl methyl sites for hydroxylation is 1. The number of fused-ring (bicyclic) bond motifs is 3. The van der Waals surface area contributed by atoms with Crippen molar-refractivity contribution < 1.29 is 19.1 Å². The zero-order valence-corrected chi connectivity index (χ0v) is 19.1. The Hall–Kier alpha value is -3.14. The normalized spacial score (nSPS) is 18.6. The summed E-state index contributed by atoms with van der Waals surface area (Å²) < 4.78 is 13.1. The summed E-state index contributed by atoms with van der Waals surface area (Å²) in [5, 5.41) is 13.6. The number of benzene rings is 1. The zero-order valence-electron chi connectivity index (χ0n) is 19.1. The van der Waals surface area contributed by atoms with Crippen LogP contribution in [0.5, 0.6) is 11.5 Å². The Morgan fingerprint density at radius 2 is 2.06 bits per heavy atom. The van der Waals surface area contributed by atoms with Gasteiger partial charge in [-0.2, -0.15) is 5.10 Å². The predicted octanol–water partition coefficient (Wildman–Crippen LogP) is 1.21. The van der Waals surface area contributed by atoms with Crippen LogP contribution in [0.4, 0.5) is 0 Å². The van der Waals surface area contributed by atoms with E-state index in [1.165, 1.54) is 0 Å². The van der Waals surface area contributed by atoms with E-state index in [4.69, 9.17) is 9.47 Å². The van der Waals surface area contributed by atoms with E-state index < -0.39 is 0 Å². The molecule has 10 heteroatoms. The first-order valence-corrected chi connectivity index (χ1v) is 10.9. The number of nitrogens with zero attached hydrogens (tertiary/aromatic N) is 3. The quantitative estimate of drug-likeness (QED) is 0.637. The molecule has 174 valence electrons. The van der Waals surface area contributed by atoms with Gasteiger partial charge in [0.05, 0.1) is 26.2 Å². The molecule has 2 amide bonds. The third-order valence-electron chi connectivity index (χ3n) is 5.16. The van der Waals surface area contributed by atoms with Crippen LogP contribution in [0, 0.1) is 12.8 Å². The molecular weight excluding hydrogens is 412 g/mol. The highest BCUT2D eigenvalue weighted by atomic mass is 16.5. The minimum absolute atomic E-state index is 0.114. The summed E-state index contributed by atoms with van der Waals surface area (Å²) in [6, 6.07) is 4.83. The van der Waals surface area contributed by atoms with Crippen LogP contribution in [0.15, 0.2) is 18.2 Å². The molecule has 1 aliphatic rings.